The molecular weight excluding hydrogens is 467 g/mol. The summed E-state index contributed by atoms with van der Waals surface area (Å²) >= 11 is 0. The molecule has 13 heteroatoms. The third-order valence-electron chi connectivity index (χ3n) is 5.50. The minimum atomic E-state index is -5.14. The number of fused-ring (bicyclic) bond motifs is 1. The highest BCUT2D eigenvalue weighted by Crippen LogP contribution is 2.34. The van der Waals surface area contributed by atoms with E-state index in [1.54, 1.807) is 5.32 Å². The van der Waals surface area contributed by atoms with Crippen molar-refractivity contribution in [2.24, 2.45) is 0 Å². The van der Waals surface area contributed by atoms with E-state index in [0.29, 0.717) is 6.20 Å². The van der Waals surface area contributed by atoms with E-state index in [-0.39, 0.29) is 42.1 Å². The van der Waals surface area contributed by atoms with Gasteiger partial charge in [-0.15, -0.1) is 0 Å². The first-order valence-corrected chi connectivity index (χ1v) is 9.92. The molecule has 0 saturated carbocycles. The first kappa shape index (κ1) is 23.3. The Morgan fingerprint density at radius 2 is 1.91 bits per heavy atom. The summed E-state index contributed by atoms with van der Waals surface area (Å²) in [6.07, 6.45) is -4.59. The number of rotatable bonds is 4. The molecule has 4 amide bonds. The van der Waals surface area contributed by atoms with E-state index in [9.17, 15) is 41.1 Å². The maximum absolute atomic E-state index is 13.9. The molecule has 4 rings (SSSR count). The van der Waals surface area contributed by atoms with Crippen molar-refractivity contribution in [3.8, 4) is 0 Å². The standard InChI is InChI=1S/C21H15F5N4O4/c22-11-6-13(23)16(27-7-11)17(21(24,25)26)29-18(32)9-1-2-12-10(5-9)8-30(20(12)34)14-3-4-15(31)28-19(14)33/h1-2,5-7,14,17H,3-4,8H2,(H,29,32)(H,28,31,33)/t14?,17-/m1/s1. The quantitative estimate of drug-likeness (QED) is 0.513. The number of halogens is 5. The summed E-state index contributed by atoms with van der Waals surface area (Å²) in [5.74, 6) is -5.63. The molecule has 1 unspecified atom stereocenters. The summed E-state index contributed by atoms with van der Waals surface area (Å²) in [4.78, 5) is 53.1. The lowest BCUT2D eigenvalue weighted by atomic mass is 10.0. The van der Waals surface area contributed by atoms with Gasteiger partial charge in [0.25, 0.3) is 11.8 Å². The third kappa shape index (κ3) is 4.32. The lowest BCUT2D eigenvalue weighted by molar-refractivity contribution is -0.156. The van der Waals surface area contributed by atoms with E-state index in [2.05, 4.69) is 10.3 Å². The van der Waals surface area contributed by atoms with E-state index in [1.165, 1.54) is 17.0 Å². The summed E-state index contributed by atoms with van der Waals surface area (Å²) in [6, 6.07) is 0.000799. The molecule has 34 heavy (non-hydrogen) atoms. The highest BCUT2D eigenvalue weighted by Gasteiger charge is 2.45. The number of alkyl halides is 3. The zero-order chi connectivity index (χ0) is 24.8. The van der Waals surface area contributed by atoms with Crippen LogP contribution in [0.5, 0.6) is 0 Å². The SMILES string of the molecule is O=C1CCC(N2Cc3cc(C(=O)N[C@H](c4ncc(F)cc4F)C(F)(F)F)ccc3C2=O)C(=O)N1. The van der Waals surface area contributed by atoms with Crippen LogP contribution in [-0.4, -0.2) is 45.7 Å². The van der Waals surface area contributed by atoms with Gasteiger partial charge in [-0.25, -0.2) is 8.78 Å². The van der Waals surface area contributed by atoms with Crippen molar-refractivity contribution in [3.63, 3.8) is 0 Å². The predicted molar refractivity (Wildman–Crippen MR) is 103 cm³/mol. The average Bonchev–Trinajstić information content (AvgIpc) is 3.07. The second kappa shape index (κ2) is 8.47. The van der Waals surface area contributed by atoms with Crippen molar-refractivity contribution >= 4 is 23.6 Å². The van der Waals surface area contributed by atoms with Crippen LogP contribution in [-0.2, 0) is 16.1 Å². The van der Waals surface area contributed by atoms with Crippen LogP contribution in [0.15, 0.2) is 30.5 Å². The van der Waals surface area contributed by atoms with Gasteiger partial charge in [0, 0.05) is 30.2 Å². The number of carbonyl (C=O) groups excluding carboxylic acids is 4. The van der Waals surface area contributed by atoms with Crippen molar-refractivity contribution in [2.45, 2.75) is 37.6 Å². The number of nitrogens with one attached hydrogen (secondary N) is 2. The number of amides is 4. The highest BCUT2D eigenvalue weighted by molar-refractivity contribution is 6.06. The van der Waals surface area contributed by atoms with Gasteiger partial charge >= 0.3 is 6.18 Å². The normalized spacial score (nSPS) is 19.0. The maximum Gasteiger partial charge on any atom is 0.414 e. The number of carbonyl (C=O) groups is 4. The Labute approximate surface area is 188 Å². The van der Waals surface area contributed by atoms with E-state index in [4.69, 9.17) is 0 Å². The van der Waals surface area contributed by atoms with Crippen LogP contribution in [0.1, 0.15) is 50.9 Å². The van der Waals surface area contributed by atoms with Gasteiger partial charge in [-0.3, -0.25) is 29.5 Å². The van der Waals surface area contributed by atoms with Gasteiger partial charge in [-0.1, -0.05) is 0 Å². The molecule has 1 aromatic carbocycles. The van der Waals surface area contributed by atoms with Crippen LogP contribution in [0.2, 0.25) is 0 Å². The van der Waals surface area contributed by atoms with Crippen molar-refractivity contribution in [1.29, 1.82) is 0 Å². The van der Waals surface area contributed by atoms with Gasteiger partial charge in [-0.05, 0) is 30.2 Å². The Hall–Kier alpha value is -3.90. The molecule has 2 N–H and O–H groups in total. The number of pyridine rings is 1. The predicted octanol–water partition coefficient (Wildman–Crippen LogP) is 2.15. The van der Waals surface area contributed by atoms with Crippen molar-refractivity contribution in [2.75, 3.05) is 0 Å². The summed E-state index contributed by atoms with van der Waals surface area (Å²) in [6.45, 7) is -0.0988. The summed E-state index contributed by atoms with van der Waals surface area (Å²) < 4.78 is 67.6. The topological polar surface area (TPSA) is 108 Å². The molecular formula is C21H15F5N4O4. The fourth-order valence-electron chi connectivity index (χ4n) is 3.87. The van der Waals surface area contributed by atoms with Gasteiger partial charge in [0.05, 0.1) is 6.20 Å². The fraction of sp³-hybridized carbons (Fsp3) is 0.286. The molecule has 0 aliphatic carbocycles. The smallest absolute Gasteiger partial charge is 0.335 e. The van der Waals surface area contributed by atoms with Crippen molar-refractivity contribution in [3.05, 3.63) is 64.5 Å². The zero-order valence-corrected chi connectivity index (χ0v) is 17.1. The van der Waals surface area contributed by atoms with Crippen LogP contribution < -0.4 is 10.6 Å². The zero-order valence-electron chi connectivity index (χ0n) is 17.1. The van der Waals surface area contributed by atoms with Crippen LogP contribution in [0.4, 0.5) is 22.0 Å². The minimum absolute atomic E-state index is 0.0387. The van der Waals surface area contributed by atoms with Crippen LogP contribution >= 0.6 is 0 Å². The maximum atomic E-state index is 13.9. The van der Waals surface area contributed by atoms with E-state index >= 15 is 0 Å². The second-order valence-electron chi connectivity index (χ2n) is 7.74. The first-order chi connectivity index (χ1) is 16.0. The molecule has 1 aromatic heterocycles. The number of aromatic nitrogens is 1. The van der Waals surface area contributed by atoms with E-state index in [1.807, 2.05) is 0 Å². The molecule has 1 saturated heterocycles. The molecule has 3 heterocycles. The summed E-state index contributed by atoms with van der Waals surface area (Å²) in [7, 11) is 0. The molecule has 2 aromatic rings. The Morgan fingerprint density at radius 1 is 1.18 bits per heavy atom. The Bertz CT molecular complexity index is 1220. The monoisotopic (exact) mass is 482 g/mol. The van der Waals surface area contributed by atoms with Crippen molar-refractivity contribution < 1.29 is 41.1 Å². The Morgan fingerprint density at radius 3 is 2.56 bits per heavy atom. The largest absolute Gasteiger partial charge is 0.414 e. The molecule has 2 aliphatic rings. The summed E-state index contributed by atoms with van der Waals surface area (Å²) in [5.41, 5.74) is -1.02. The number of hydrogen-bond donors (Lipinski definition) is 2. The fourth-order valence-corrected chi connectivity index (χ4v) is 3.87. The number of imide groups is 1. The van der Waals surface area contributed by atoms with Crippen LogP contribution in [0, 0.1) is 11.6 Å². The molecule has 0 bridgehead atoms. The van der Waals surface area contributed by atoms with Crippen molar-refractivity contribution in [1.82, 2.24) is 20.5 Å². The lowest BCUT2D eigenvalue weighted by Gasteiger charge is -2.29. The van der Waals surface area contributed by atoms with Gasteiger partial charge in [0.15, 0.2) is 6.04 Å². The van der Waals surface area contributed by atoms with Crippen LogP contribution in [0.25, 0.3) is 0 Å². The van der Waals surface area contributed by atoms with E-state index < -0.39 is 59.2 Å². The molecule has 1 fully saturated rings. The van der Waals surface area contributed by atoms with E-state index in [0.717, 1.165) is 6.07 Å². The molecule has 8 nitrogen and oxygen atoms in total. The third-order valence-corrected chi connectivity index (χ3v) is 5.50. The van der Waals surface area contributed by atoms with Gasteiger partial charge in [0.2, 0.25) is 11.8 Å². The molecule has 2 atom stereocenters. The Balaban J connectivity index is 1.56. The molecule has 2 aliphatic heterocycles. The molecule has 178 valence electrons. The highest BCUT2D eigenvalue weighted by atomic mass is 19.4. The van der Waals surface area contributed by atoms with Crippen LogP contribution in [0.3, 0.4) is 0 Å². The first-order valence-electron chi connectivity index (χ1n) is 9.92. The second-order valence-corrected chi connectivity index (χ2v) is 7.74. The number of piperidine rings is 1. The van der Waals surface area contributed by atoms with Gasteiger partial charge in [0.1, 0.15) is 23.4 Å². The number of nitrogens with zero attached hydrogens (tertiary/aromatic N) is 2. The summed E-state index contributed by atoms with van der Waals surface area (Å²) in [5, 5.41) is 3.79. The molecule has 0 spiro atoms. The molecule has 0 radical (unpaired) electrons. The van der Waals surface area contributed by atoms with Gasteiger partial charge < -0.3 is 10.2 Å². The average molecular weight is 482 g/mol. The lowest BCUT2D eigenvalue weighted by Crippen LogP contribution is -2.52. The Kier molecular flexibility index (Phi) is 5.79. The van der Waals surface area contributed by atoms with Gasteiger partial charge in [-0.2, -0.15) is 13.2 Å². The number of hydrogen-bond acceptors (Lipinski definition) is 5. The minimum Gasteiger partial charge on any atom is -0.335 e. The number of benzene rings is 1.